The maximum absolute atomic E-state index is 3.93. The third kappa shape index (κ3) is 3.89. The van der Waals surface area contributed by atoms with Gasteiger partial charge in [-0.1, -0.05) is 44.1 Å². The van der Waals surface area contributed by atoms with E-state index in [9.17, 15) is 0 Å². The average molecular weight is 245 g/mol. The first-order chi connectivity index (χ1) is 8.77. The van der Waals surface area contributed by atoms with Crippen molar-refractivity contribution < 1.29 is 0 Å². The van der Waals surface area contributed by atoms with Crippen molar-refractivity contribution in [2.24, 2.45) is 5.92 Å². The molecule has 18 heavy (non-hydrogen) atoms. The number of likely N-dealkylation sites (tertiary alicyclic amines) is 1. The second kappa shape index (κ2) is 7.00. The van der Waals surface area contributed by atoms with Crippen molar-refractivity contribution in [2.75, 3.05) is 13.1 Å². The summed E-state index contributed by atoms with van der Waals surface area (Å²) in [4.78, 5) is 2.65. The van der Waals surface area contributed by atoms with Crippen LogP contribution in [0.2, 0.25) is 0 Å². The minimum absolute atomic E-state index is 0.502. The Kier molecular flexibility index (Phi) is 5.32. The first-order valence-corrected chi connectivity index (χ1v) is 7.68. The first kappa shape index (κ1) is 13.7. The molecule has 0 radical (unpaired) electrons. The quantitative estimate of drug-likeness (QED) is 0.665. The van der Waals surface area contributed by atoms with E-state index in [1.54, 1.807) is 0 Å². The third-order valence-electron chi connectivity index (χ3n) is 4.31. The van der Waals surface area contributed by atoms with Crippen LogP contribution in [0.25, 0.3) is 0 Å². The molecule has 1 aliphatic carbocycles. The Balaban J connectivity index is 2.05. The predicted octanol–water partition coefficient (Wildman–Crippen LogP) is 4.00. The summed E-state index contributed by atoms with van der Waals surface area (Å²) in [7, 11) is 0. The van der Waals surface area contributed by atoms with Crippen molar-refractivity contribution >= 4 is 0 Å². The summed E-state index contributed by atoms with van der Waals surface area (Å²) < 4.78 is 0. The van der Waals surface area contributed by atoms with E-state index in [1.165, 1.54) is 64.5 Å². The van der Waals surface area contributed by atoms with Gasteiger partial charge in [-0.2, -0.15) is 0 Å². The van der Waals surface area contributed by atoms with Gasteiger partial charge in [-0.15, -0.1) is 0 Å². The van der Waals surface area contributed by atoms with Gasteiger partial charge in [-0.05, 0) is 57.2 Å². The second-order valence-electron chi connectivity index (χ2n) is 5.99. The Hall–Kier alpha value is -0.740. The second-order valence-corrected chi connectivity index (χ2v) is 5.99. The van der Waals surface area contributed by atoms with Crippen molar-refractivity contribution in [2.45, 2.75) is 64.3 Å². The lowest BCUT2D eigenvalue weighted by Crippen LogP contribution is -2.43. The fourth-order valence-electron chi connectivity index (χ4n) is 3.35. The zero-order valence-corrected chi connectivity index (χ0v) is 11.9. The summed E-state index contributed by atoms with van der Waals surface area (Å²) in [5.74, 6) is 7.60. The monoisotopic (exact) mass is 245 g/mol. The summed E-state index contributed by atoms with van der Waals surface area (Å²) in [6.07, 6.45) is 11.1. The topological polar surface area (TPSA) is 3.24 Å². The van der Waals surface area contributed by atoms with E-state index in [2.05, 4.69) is 23.3 Å². The minimum atomic E-state index is 0.502. The van der Waals surface area contributed by atoms with Gasteiger partial charge in [-0.3, -0.25) is 4.90 Å². The van der Waals surface area contributed by atoms with Crippen molar-refractivity contribution in [3.63, 3.8) is 0 Å². The molecule has 1 unspecified atom stereocenters. The van der Waals surface area contributed by atoms with Gasteiger partial charge in [0.15, 0.2) is 0 Å². The Morgan fingerprint density at radius 2 is 1.67 bits per heavy atom. The van der Waals surface area contributed by atoms with Crippen molar-refractivity contribution in [3.05, 3.63) is 12.2 Å². The predicted molar refractivity (Wildman–Crippen MR) is 78.4 cm³/mol. The van der Waals surface area contributed by atoms with Crippen molar-refractivity contribution in [1.82, 2.24) is 4.90 Å². The number of rotatable bonds is 2. The summed E-state index contributed by atoms with van der Waals surface area (Å²) in [6.45, 7) is 8.45. The van der Waals surface area contributed by atoms with Crippen LogP contribution in [0, 0.1) is 17.8 Å². The van der Waals surface area contributed by atoms with Gasteiger partial charge < -0.3 is 0 Å². The molecule has 0 bridgehead atoms. The van der Waals surface area contributed by atoms with E-state index >= 15 is 0 Å². The SMILES string of the molecule is C=C(C)C#CC(C1CCCCC1)N1CCCCC1. The summed E-state index contributed by atoms with van der Waals surface area (Å²) >= 11 is 0. The molecule has 100 valence electrons. The molecule has 2 fully saturated rings. The van der Waals surface area contributed by atoms with Gasteiger partial charge in [-0.25, -0.2) is 0 Å². The lowest BCUT2D eigenvalue weighted by Gasteiger charge is -2.37. The lowest BCUT2D eigenvalue weighted by atomic mass is 9.83. The fourth-order valence-corrected chi connectivity index (χ4v) is 3.35. The molecule has 1 saturated carbocycles. The highest BCUT2D eigenvalue weighted by Gasteiger charge is 2.28. The van der Waals surface area contributed by atoms with Crippen LogP contribution in [0.15, 0.2) is 12.2 Å². The molecule has 2 rings (SSSR count). The third-order valence-corrected chi connectivity index (χ3v) is 4.31. The van der Waals surface area contributed by atoms with Gasteiger partial charge in [0.25, 0.3) is 0 Å². The van der Waals surface area contributed by atoms with E-state index in [-0.39, 0.29) is 0 Å². The first-order valence-electron chi connectivity index (χ1n) is 7.68. The highest BCUT2D eigenvalue weighted by Crippen LogP contribution is 2.30. The molecule has 0 aromatic carbocycles. The van der Waals surface area contributed by atoms with Gasteiger partial charge >= 0.3 is 0 Å². The molecule has 1 nitrogen and oxygen atoms in total. The van der Waals surface area contributed by atoms with Gasteiger partial charge in [0.05, 0.1) is 6.04 Å². The van der Waals surface area contributed by atoms with Crippen molar-refractivity contribution in [1.29, 1.82) is 0 Å². The van der Waals surface area contributed by atoms with Gasteiger partial charge in [0.1, 0.15) is 0 Å². The molecule has 2 aliphatic rings. The van der Waals surface area contributed by atoms with E-state index in [0.29, 0.717) is 6.04 Å². The molecule has 0 amide bonds. The van der Waals surface area contributed by atoms with E-state index in [1.807, 2.05) is 6.92 Å². The molecule has 0 aromatic rings. The number of allylic oxidation sites excluding steroid dienone is 1. The van der Waals surface area contributed by atoms with Crippen LogP contribution in [0.4, 0.5) is 0 Å². The molecule has 1 heterocycles. The molecular formula is C17H27N. The van der Waals surface area contributed by atoms with Crippen LogP contribution in [0.3, 0.4) is 0 Å². The van der Waals surface area contributed by atoms with Crippen LogP contribution in [-0.4, -0.2) is 24.0 Å². The van der Waals surface area contributed by atoms with E-state index < -0.39 is 0 Å². The Morgan fingerprint density at radius 1 is 1.06 bits per heavy atom. The molecule has 0 N–H and O–H groups in total. The highest BCUT2D eigenvalue weighted by atomic mass is 15.2. The van der Waals surface area contributed by atoms with Gasteiger partial charge in [0.2, 0.25) is 0 Å². The molecule has 0 spiro atoms. The maximum atomic E-state index is 3.93. The Bertz CT molecular complexity index is 303. The summed E-state index contributed by atoms with van der Waals surface area (Å²) in [5.41, 5.74) is 1.01. The maximum Gasteiger partial charge on any atom is 0.0746 e. The Labute approximate surface area is 113 Å². The van der Waals surface area contributed by atoms with Crippen LogP contribution in [-0.2, 0) is 0 Å². The molecule has 1 atom stereocenters. The zero-order chi connectivity index (χ0) is 12.8. The van der Waals surface area contributed by atoms with Crippen LogP contribution >= 0.6 is 0 Å². The van der Waals surface area contributed by atoms with E-state index in [4.69, 9.17) is 0 Å². The zero-order valence-electron chi connectivity index (χ0n) is 11.9. The largest absolute Gasteiger partial charge is 0.290 e. The standard InChI is InChI=1S/C17H27N/c1-15(2)11-12-17(16-9-5-3-6-10-16)18-13-7-4-8-14-18/h16-17H,1,3-10,13-14H2,2H3. The van der Waals surface area contributed by atoms with Gasteiger partial charge in [0, 0.05) is 0 Å². The summed E-state index contributed by atoms with van der Waals surface area (Å²) in [6, 6.07) is 0.502. The van der Waals surface area contributed by atoms with E-state index in [0.717, 1.165) is 11.5 Å². The molecule has 0 aromatic heterocycles. The number of hydrogen-bond acceptors (Lipinski definition) is 1. The molecule has 1 aliphatic heterocycles. The minimum Gasteiger partial charge on any atom is -0.290 e. The normalized spacial score (nSPS) is 24.1. The lowest BCUT2D eigenvalue weighted by molar-refractivity contribution is 0.133. The number of nitrogens with zero attached hydrogens (tertiary/aromatic N) is 1. The number of piperidine rings is 1. The van der Waals surface area contributed by atoms with Crippen molar-refractivity contribution in [3.8, 4) is 11.8 Å². The van der Waals surface area contributed by atoms with Crippen LogP contribution in [0.5, 0.6) is 0 Å². The number of hydrogen-bond donors (Lipinski definition) is 0. The Morgan fingerprint density at radius 3 is 2.28 bits per heavy atom. The molecule has 1 heteroatoms. The smallest absolute Gasteiger partial charge is 0.0746 e. The van der Waals surface area contributed by atoms with Crippen LogP contribution < -0.4 is 0 Å². The molecular weight excluding hydrogens is 218 g/mol. The summed E-state index contributed by atoms with van der Waals surface area (Å²) in [5, 5.41) is 0. The highest BCUT2D eigenvalue weighted by molar-refractivity contribution is 5.26. The fraction of sp³-hybridized carbons (Fsp3) is 0.765. The molecule has 1 saturated heterocycles. The van der Waals surface area contributed by atoms with Crippen LogP contribution in [0.1, 0.15) is 58.3 Å². The average Bonchev–Trinajstić information content (AvgIpc) is 2.41.